The van der Waals surface area contributed by atoms with Gasteiger partial charge in [-0.15, -0.1) is 0 Å². The minimum absolute atomic E-state index is 0.119. The van der Waals surface area contributed by atoms with E-state index >= 15 is 0 Å². The molecule has 1 aromatic carbocycles. The van der Waals surface area contributed by atoms with Crippen molar-refractivity contribution < 1.29 is 9.90 Å². The quantitative estimate of drug-likeness (QED) is 0.844. The SMILES string of the molecule is CCC1CCC(O)(CNC(=O)c2cccn2Cc2ccccc2)CC1. The molecule has 2 N–H and O–H groups in total. The van der Waals surface area contributed by atoms with Crippen molar-refractivity contribution in [3.8, 4) is 0 Å². The Kier molecular flexibility index (Phi) is 5.59. The fourth-order valence-electron chi connectivity index (χ4n) is 3.67. The normalized spacial score (nSPS) is 23.4. The fourth-order valence-corrected chi connectivity index (χ4v) is 3.67. The molecule has 25 heavy (non-hydrogen) atoms. The molecule has 1 heterocycles. The molecule has 0 aliphatic heterocycles. The van der Waals surface area contributed by atoms with Gasteiger partial charge in [-0.3, -0.25) is 4.79 Å². The maximum atomic E-state index is 12.6. The molecule has 1 amide bonds. The van der Waals surface area contributed by atoms with E-state index in [1.807, 2.05) is 41.1 Å². The van der Waals surface area contributed by atoms with Crippen molar-refractivity contribution in [1.29, 1.82) is 0 Å². The second-order valence-electron chi connectivity index (χ2n) is 7.27. The van der Waals surface area contributed by atoms with Crippen LogP contribution >= 0.6 is 0 Å². The van der Waals surface area contributed by atoms with E-state index in [1.165, 1.54) is 6.42 Å². The lowest BCUT2D eigenvalue weighted by Crippen LogP contribution is -2.45. The Balaban J connectivity index is 1.58. The summed E-state index contributed by atoms with van der Waals surface area (Å²) in [7, 11) is 0. The van der Waals surface area contributed by atoms with Gasteiger partial charge in [0.2, 0.25) is 0 Å². The van der Waals surface area contributed by atoms with Crippen LogP contribution in [-0.4, -0.2) is 27.7 Å². The van der Waals surface area contributed by atoms with Gasteiger partial charge >= 0.3 is 0 Å². The van der Waals surface area contributed by atoms with Gasteiger partial charge in [-0.1, -0.05) is 43.7 Å². The monoisotopic (exact) mass is 340 g/mol. The summed E-state index contributed by atoms with van der Waals surface area (Å²) in [6.45, 7) is 3.20. The predicted molar refractivity (Wildman–Crippen MR) is 99.5 cm³/mol. The molecule has 4 heteroatoms. The summed E-state index contributed by atoms with van der Waals surface area (Å²) in [5.41, 5.74) is 1.04. The Morgan fingerprint density at radius 2 is 1.92 bits per heavy atom. The number of nitrogens with zero attached hydrogens (tertiary/aromatic N) is 1. The zero-order chi connectivity index (χ0) is 17.7. The van der Waals surface area contributed by atoms with Crippen LogP contribution in [0.5, 0.6) is 0 Å². The van der Waals surface area contributed by atoms with E-state index < -0.39 is 5.60 Å². The van der Waals surface area contributed by atoms with Crippen LogP contribution in [0, 0.1) is 5.92 Å². The van der Waals surface area contributed by atoms with E-state index in [4.69, 9.17) is 0 Å². The first-order valence-corrected chi connectivity index (χ1v) is 9.29. The second kappa shape index (κ2) is 7.87. The third kappa shape index (κ3) is 4.51. The van der Waals surface area contributed by atoms with E-state index in [1.54, 1.807) is 0 Å². The number of aliphatic hydroxyl groups is 1. The van der Waals surface area contributed by atoms with Gasteiger partial charge < -0.3 is 15.0 Å². The molecule has 1 saturated carbocycles. The van der Waals surface area contributed by atoms with Crippen molar-refractivity contribution in [3.05, 3.63) is 59.9 Å². The lowest BCUT2D eigenvalue weighted by atomic mass is 9.78. The second-order valence-corrected chi connectivity index (χ2v) is 7.27. The summed E-state index contributed by atoms with van der Waals surface area (Å²) in [6.07, 6.45) is 6.74. The summed E-state index contributed by atoms with van der Waals surface area (Å²) < 4.78 is 1.95. The molecule has 134 valence electrons. The third-order valence-corrected chi connectivity index (χ3v) is 5.45. The van der Waals surface area contributed by atoms with E-state index in [0.717, 1.165) is 37.2 Å². The van der Waals surface area contributed by atoms with E-state index in [9.17, 15) is 9.90 Å². The number of carbonyl (C=O) groups excluding carboxylic acids is 1. The van der Waals surface area contributed by atoms with Gasteiger partial charge in [0.1, 0.15) is 5.69 Å². The molecule has 0 saturated heterocycles. The lowest BCUT2D eigenvalue weighted by molar-refractivity contribution is -0.00792. The van der Waals surface area contributed by atoms with Gasteiger partial charge in [-0.05, 0) is 49.3 Å². The Bertz CT molecular complexity index is 685. The Morgan fingerprint density at radius 1 is 1.20 bits per heavy atom. The Morgan fingerprint density at radius 3 is 2.60 bits per heavy atom. The largest absolute Gasteiger partial charge is 0.388 e. The predicted octanol–water partition coefficient (Wildman–Crippen LogP) is 3.60. The maximum absolute atomic E-state index is 12.6. The molecule has 0 unspecified atom stereocenters. The van der Waals surface area contributed by atoms with Crippen LogP contribution in [-0.2, 0) is 6.54 Å². The minimum atomic E-state index is -0.752. The van der Waals surface area contributed by atoms with E-state index in [-0.39, 0.29) is 5.91 Å². The average molecular weight is 340 g/mol. The summed E-state index contributed by atoms with van der Waals surface area (Å²) in [6, 6.07) is 13.8. The zero-order valence-corrected chi connectivity index (χ0v) is 14.9. The van der Waals surface area contributed by atoms with Crippen LogP contribution in [0.1, 0.15) is 55.1 Å². The van der Waals surface area contributed by atoms with Gasteiger partial charge in [0.25, 0.3) is 5.91 Å². The molecular formula is C21H28N2O2. The van der Waals surface area contributed by atoms with E-state index in [0.29, 0.717) is 18.8 Å². The van der Waals surface area contributed by atoms with Crippen molar-refractivity contribution in [1.82, 2.24) is 9.88 Å². The van der Waals surface area contributed by atoms with Crippen molar-refractivity contribution in [2.45, 2.75) is 51.2 Å². The molecular weight excluding hydrogens is 312 g/mol. The van der Waals surface area contributed by atoms with Gasteiger partial charge in [0.15, 0.2) is 0 Å². The van der Waals surface area contributed by atoms with Gasteiger partial charge in [-0.25, -0.2) is 0 Å². The molecule has 1 aromatic heterocycles. The minimum Gasteiger partial charge on any atom is -0.388 e. The van der Waals surface area contributed by atoms with Crippen molar-refractivity contribution in [2.24, 2.45) is 5.92 Å². The summed E-state index contributed by atoms with van der Waals surface area (Å²) in [5.74, 6) is 0.603. The number of rotatable bonds is 6. The zero-order valence-electron chi connectivity index (χ0n) is 14.9. The van der Waals surface area contributed by atoms with Gasteiger partial charge in [-0.2, -0.15) is 0 Å². The number of benzene rings is 1. The topological polar surface area (TPSA) is 54.3 Å². The van der Waals surface area contributed by atoms with E-state index in [2.05, 4.69) is 24.4 Å². The number of aromatic nitrogens is 1. The van der Waals surface area contributed by atoms with Crippen LogP contribution in [0.25, 0.3) is 0 Å². The number of nitrogens with one attached hydrogen (secondary N) is 1. The number of hydrogen-bond donors (Lipinski definition) is 2. The van der Waals surface area contributed by atoms with Crippen molar-refractivity contribution in [3.63, 3.8) is 0 Å². The number of carbonyl (C=O) groups is 1. The molecule has 2 aromatic rings. The molecule has 0 radical (unpaired) electrons. The van der Waals surface area contributed by atoms with Crippen molar-refractivity contribution in [2.75, 3.05) is 6.54 Å². The van der Waals surface area contributed by atoms with Crippen molar-refractivity contribution >= 4 is 5.91 Å². The summed E-state index contributed by atoms with van der Waals surface area (Å²) in [5, 5.41) is 13.7. The molecule has 1 aliphatic carbocycles. The molecule has 3 rings (SSSR count). The molecule has 0 bridgehead atoms. The molecule has 1 fully saturated rings. The van der Waals surface area contributed by atoms with Crippen LogP contribution < -0.4 is 5.32 Å². The Hall–Kier alpha value is -2.07. The van der Waals surface area contributed by atoms with Crippen LogP contribution in [0.4, 0.5) is 0 Å². The third-order valence-electron chi connectivity index (χ3n) is 5.45. The molecule has 0 atom stereocenters. The highest BCUT2D eigenvalue weighted by Crippen LogP contribution is 2.33. The van der Waals surface area contributed by atoms with Crippen LogP contribution in [0.15, 0.2) is 48.7 Å². The number of hydrogen-bond acceptors (Lipinski definition) is 2. The highest BCUT2D eigenvalue weighted by atomic mass is 16.3. The van der Waals surface area contributed by atoms with Crippen LogP contribution in [0.2, 0.25) is 0 Å². The highest BCUT2D eigenvalue weighted by molar-refractivity contribution is 5.92. The first-order chi connectivity index (χ1) is 12.1. The first-order valence-electron chi connectivity index (χ1n) is 9.29. The maximum Gasteiger partial charge on any atom is 0.268 e. The lowest BCUT2D eigenvalue weighted by Gasteiger charge is -2.35. The highest BCUT2D eigenvalue weighted by Gasteiger charge is 2.33. The number of amides is 1. The van der Waals surface area contributed by atoms with Crippen LogP contribution in [0.3, 0.4) is 0 Å². The average Bonchev–Trinajstić information content (AvgIpc) is 3.09. The van der Waals surface area contributed by atoms with Gasteiger partial charge in [0, 0.05) is 19.3 Å². The smallest absolute Gasteiger partial charge is 0.268 e. The summed E-state index contributed by atoms with van der Waals surface area (Å²) >= 11 is 0. The van der Waals surface area contributed by atoms with Gasteiger partial charge in [0.05, 0.1) is 5.60 Å². The fraction of sp³-hybridized carbons (Fsp3) is 0.476. The summed E-state index contributed by atoms with van der Waals surface area (Å²) in [4.78, 5) is 12.6. The molecule has 1 aliphatic rings. The Labute approximate surface area is 149 Å². The molecule has 0 spiro atoms. The standard InChI is InChI=1S/C21H28N2O2/c1-2-17-10-12-21(25,13-11-17)16-22-20(24)19-9-6-14-23(19)15-18-7-4-3-5-8-18/h3-9,14,17,25H,2,10-13,15-16H2,1H3,(H,22,24). The first kappa shape index (κ1) is 17.7. The molecule has 4 nitrogen and oxygen atoms in total.